The fourth-order valence-corrected chi connectivity index (χ4v) is 5.88. The Labute approximate surface area is 181 Å². The van der Waals surface area contributed by atoms with Gasteiger partial charge < -0.3 is 15.0 Å². The summed E-state index contributed by atoms with van der Waals surface area (Å²) in [6.45, 7) is 4.63. The molecule has 2 saturated heterocycles. The Morgan fingerprint density at radius 2 is 1.90 bits per heavy atom. The molecule has 6 heteroatoms. The largest absolute Gasteiger partial charge is 0.431 e. The van der Waals surface area contributed by atoms with Crippen molar-refractivity contribution in [3.05, 3.63) is 53.6 Å². The number of amides is 1. The molecule has 30 heavy (non-hydrogen) atoms. The van der Waals surface area contributed by atoms with E-state index in [0.29, 0.717) is 23.3 Å². The number of thiazole rings is 1. The van der Waals surface area contributed by atoms with E-state index in [1.165, 1.54) is 11.1 Å². The maximum Gasteiger partial charge on any atom is 0.279 e. The number of hydrogen-bond acceptors (Lipinski definition) is 5. The van der Waals surface area contributed by atoms with Gasteiger partial charge in [-0.3, -0.25) is 4.79 Å². The van der Waals surface area contributed by atoms with Gasteiger partial charge >= 0.3 is 0 Å². The highest BCUT2D eigenvalue weighted by atomic mass is 32.1. The molecule has 2 aliphatic rings. The van der Waals surface area contributed by atoms with Gasteiger partial charge in [-0.2, -0.15) is 0 Å². The first-order chi connectivity index (χ1) is 14.5. The highest BCUT2D eigenvalue weighted by Crippen LogP contribution is 2.36. The average Bonchev–Trinajstić information content (AvgIpc) is 3.24. The molecular formula is C24H27N3O2S. The molecule has 1 amide bonds. The Kier molecular flexibility index (Phi) is 5.21. The van der Waals surface area contributed by atoms with E-state index in [1.54, 1.807) is 18.3 Å². The molecule has 0 saturated carbocycles. The van der Waals surface area contributed by atoms with Crippen LogP contribution in [0.5, 0.6) is 10.9 Å². The van der Waals surface area contributed by atoms with Gasteiger partial charge in [0.1, 0.15) is 5.75 Å². The molecule has 2 bridgehead atoms. The fourth-order valence-electron chi connectivity index (χ4n) is 4.95. The third kappa shape index (κ3) is 3.94. The molecule has 3 heterocycles. The highest BCUT2D eigenvalue weighted by molar-refractivity contribution is 7.20. The van der Waals surface area contributed by atoms with Gasteiger partial charge in [0.25, 0.3) is 5.19 Å². The van der Waals surface area contributed by atoms with Crippen LogP contribution in [0.25, 0.3) is 10.2 Å². The van der Waals surface area contributed by atoms with Crippen LogP contribution in [0.1, 0.15) is 43.7 Å². The lowest BCUT2D eigenvalue weighted by atomic mass is 9.97. The number of rotatable bonds is 5. The summed E-state index contributed by atoms with van der Waals surface area (Å²) in [4.78, 5) is 18.5. The average molecular weight is 422 g/mol. The number of ether oxygens (including phenoxy) is 1. The number of aromatic nitrogens is 1. The van der Waals surface area contributed by atoms with Crippen molar-refractivity contribution in [1.29, 1.82) is 0 Å². The van der Waals surface area contributed by atoms with Gasteiger partial charge in [0.15, 0.2) is 0 Å². The van der Waals surface area contributed by atoms with E-state index in [9.17, 15) is 4.79 Å². The highest BCUT2D eigenvalue weighted by Gasteiger charge is 2.41. The van der Waals surface area contributed by atoms with E-state index in [2.05, 4.69) is 46.4 Å². The predicted molar refractivity (Wildman–Crippen MR) is 120 cm³/mol. The minimum absolute atomic E-state index is 0.236. The molecule has 5 rings (SSSR count). The number of aryl methyl sites for hydroxylation is 1. The van der Waals surface area contributed by atoms with Crippen LogP contribution in [0.4, 0.5) is 0 Å². The van der Waals surface area contributed by atoms with Crippen LogP contribution in [0.15, 0.2) is 42.5 Å². The Bertz CT molecular complexity index is 1050. The summed E-state index contributed by atoms with van der Waals surface area (Å²) < 4.78 is 7.12. The van der Waals surface area contributed by atoms with E-state index in [0.717, 1.165) is 48.2 Å². The first-order valence-corrected chi connectivity index (χ1v) is 11.5. The molecule has 2 fully saturated rings. The Hall–Kier alpha value is -2.44. The van der Waals surface area contributed by atoms with Crippen LogP contribution in [0.2, 0.25) is 0 Å². The van der Waals surface area contributed by atoms with Crippen molar-refractivity contribution in [3.63, 3.8) is 0 Å². The number of fused-ring (bicyclic) bond motifs is 3. The van der Waals surface area contributed by atoms with Gasteiger partial charge in [0.2, 0.25) is 5.91 Å². The third-order valence-corrected chi connectivity index (χ3v) is 7.24. The summed E-state index contributed by atoms with van der Waals surface area (Å²) in [5.74, 6) is 1.04. The lowest BCUT2D eigenvalue weighted by Crippen LogP contribution is -2.50. The summed E-state index contributed by atoms with van der Waals surface area (Å²) in [6, 6.07) is 15.8. The number of carbonyl (C=O) groups is 1. The predicted octanol–water partition coefficient (Wildman–Crippen LogP) is 5.03. The van der Waals surface area contributed by atoms with Gasteiger partial charge in [-0.05, 0) is 68.0 Å². The zero-order valence-corrected chi connectivity index (χ0v) is 18.2. The molecule has 1 aromatic heterocycles. The molecule has 2 aromatic carbocycles. The van der Waals surface area contributed by atoms with Crippen molar-refractivity contribution < 1.29 is 9.53 Å². The molecule has 0 aliphatic carbocycles. The smallest absolute Gasteiger partial charge is 0.279 e. The van der Waals surface area contributed by atoms with Crippen molar-refractivity contribution >= 4 is 27.5 Å². The van der Waals surface area contributed by atoms with Crippen LogP contribution in [0, 0.1) is 6.92 Å². The fraction of sp³-hybridized carbons (Fsp3) is 0.417. The van der Waals surface area contributed by atoms with Crippen LogP contribution >= 0.6 is 11.3 Å². The van der Waals surface area contributed by atoms with E-state index in [4.69, 9.17) is 4.74 Å². The lowest BCUT2D eigenvalue weighted by Gasteiger charge is -2.38. The first-order valence-electron chi connectivity index (χ1n) is 10.7. The molecule has 0 spiro atoms. The molecule has 2 aliphatic heterocycles. The van der Waals surface area contributed by atoms with Crippen molar-refractivity contribution in [2.45, 2.75) is 64.2 Å². The monoisotopic (exact) mass is 421 g/mol. The number of nitrogens with zero attached hydrogens (tertiary/aromatic N) is 2. The lowest BCUT2D eigenvalue weighted by molar-refractivity contribution is -0.133. The minimum atomic E-state index is 0.236. The summed E-state index contributed by atoms with van der Waals surface area (Å²) in [5.41, 5.74) is 3.45. The second-order valence-electron chi connectivity index (χ2n) is 8.56. The first kappa shape index (κ1) is 19.5. The molecule has 3 aromatic rings. The number of nitrogens with one attached hydrogen (secondary N) is 1. The quantitative estimate of drug-likeness (QED) is 0.628. The zero-order chi connectivity index (χ0) is 20.7. The molecular weight excluding hydrogens is 394 g/mol. The topological polar surface area (TPSA) is 54.5 Å². The van der Waals surface area contributed by atoms with Crippen molar-refractivity contribution in [2.75, 3.05) is 0 Å². The van der Waals surface area contributed by atoms with Crippen molar-refractivity contribution in [2.24, 2.45) is 0 Å². The van der Waals surface area contributed by atoms with E-state index in [1.807, 2.05) is 18.2 Å². The van der Waals surface area contributed by atoms with Crippen LogP contribution < -0.4 is 10.1 Å². The zero-order valence-electron chi connectivity index (χ0n) is 17.4. The van der Waals surface area contributed by atoms with Gasteiger partial charge in [0.05, 0.1) is 10.2 Å². The van der Waals surface area contributed by atoms with E-state index in [-0.39, 0.29) is 5.91 Å². The third-order valence-electron chi connectivity index (χ3n) is 6.34. The van der Waals surface area contributed by atoms with Crippen molar-refractivity contribution in [3.8, 4) is 10.9 Å². The van der Waals surface area contributed by atoms with Gasteiger partial charge in [-0.15, -0.1) is 0 Å². The molecule has 5 nitrogen and oxygen atoms in total. The number of hydrogen-bond donors (Lipinski definition) is 1. The molecule has 1 unspecified atom stereocenters. The van der Waals surface area contributed by atoms with Crippen LogP contribution in [-0.4, -0.2) is 33.9 Å². The molecule has 156 valence electrons. The minimum Gasteiger partial charge on any atom is -0.431 e. The number of carbonyl (C=O) groups excluding carboxylic acids is 1. The molecule has 0 radical (unpaired) electrons. The van der Waals surface area contributed by atoms with E-state index < -0.39 is 0 Å². The number of benzene rings is 2. The molecule has 1 N–H and O–H groups in total. The Morgan fingerprint density at radius 1 is 1.17 bits per heavy atom. The van der Waals surface area contributed by atoms with Gasteiger partial charge in [-0.1, -0.05) is 29.5 Å². The van der Waals surface area contributed by atoms with E-state index >= 15 is 0 Å². The normalized spacial score (nSPS) is 23.1. The SMILES string of the molecule is CC(=O)N1[C@@H]2CC[C@H]1CC(NCc1ccc(Oc3nc4ccc(C)cc4s3)cc1)C2. The van der Waals surface area contributed by atoms with Crippen LogP contribution in [-0.2, 0) is 11.3 Å². The summed E-state index contributed by atoms with van der Waals surface area (Å²) in [5, 5.41) is 4.38. The van der Waals surface area contributed by atoms with Gasteiger partial charge in [0, 0.05) is 31.6 Å². The van der Waals surface area contributed by atoms with Crippen LogP contribution in [0.3, 0.4) is 0 Å². The van der Waals surface area contributed by atoms with Gasteiger partial charge in [-0.25, -0.2) is 4.98 Å². The summed E-state index contributed by atoms with van der Waals surface area (Å²) >= 11 is 1.57. The summed E-state index contributed by atoms with van der Waals surface area (Å²) in [6.07, 6.45) is 4.43. The number of piperidine rings is 1. The summed E-state index contributed by atoms with van der Waals surface area (Å²) in [7, 11) is 0. The Balaban J connectivity index is 1.17. The molecule has 3 atom stereocenters. The standard InChI is InChI=1S/C24H27N3O2S/c1-15-3-10-22-23(11-15)30-24(26-22)29-21-8-4-17(5-9-21)14-25-18-12-19-6-7-20(13-18)27(19)16(2)28/h3-5,8-11,18-20,25H,6-7,12-14H2,1-2H3/t18?,19-,20+. The Morgan fingerprint density at radius 3 is 2.60 bits per heavy atom. The van der Waals surface area contributed by atoms with Crippen molar-refractivity contribution in [1.82, 2.24) is 15.2 Å². The second-order valence-corrected chi connectivity index (χ2v) is 9.55. The maximum atomic E-state index is 11.9. The second kappa shape index (κ2) is 8.00. The maximum absolute atomic E-state index is 11.9.